The average Bonchev–Trinajstić information content (AvgIpc) is 2.87. The molecule has 0 aliphatic heterocycles. The zero-order valence-corrected chi connectivity index (χ0v) is 19.8. The smallest absolute Gasteiger partial charge is 0.345 e. The summed E-state index contributed by atoms with van der Waals surface area (Å²) < 4.78 is 5.19. The monoisotopic (exact) mass is 538 g/mol. The molecular weight excluding hydrogens is 516 g/mol. The van der Waals surface area contributed by atoms with Crippen LogP contribution >= 0.6 is 0 Å². The lowest BCUT2D eigenvalue weighted by Gasteiger charge is -2.32. The summed E-state index contributed by atoms with van der Waals surface area (Å²) in [4.78, 5) is 37.7. The van der Waals surface area contributed by atoms with E-state index in [9.17, 15) is 55.2 Å². The van der Waals surface area contributed by atoms with Crippen molar-refractivity contribution in [3.63, 3.8) is 0 Å². The van der Waals surface area contributed by atoms with Crippen molar-refractivity contribution in [2.75, 3.05) is 0 Å². The van der Waals surface area contributed by atoms with Gasteiger partial charge in [-0.15, -0.1) is 0 Å². The van der Waals surface area contributed by atoms with Gasteiger partial charge in [0.15, 0.2) is 34.5 Å². The molecule has 0 heterocycles. The summed E-state index contributed by atoms with van der Waals surface area (Å²) in [7, 11) is 0. The van der Waals surface area contributed by atoms with Gasteiger partial charge in [0.05, 0.1) is 11.5 Å². The molecular formula is C27H22O12. The zero-order chi connectivity index (χ0) is 28.6. The molecule has 202 valence electrons. The van der Waals surface area contributed by atoms with Crippen LogP contribution in [0, 0.1) is 5.92 Å². The maximum atomic E-state index is 13.3. The summed E-state index contributed by atoms with van der Waals surface area (Å²) in [5.41, 5.74) is 0.103. The molecule has 1 aliphatic carbocycles. The van der Waals surface area contributed by atoms with E-state index in [-0.39, 0.29) is 22.3 Å². The van der Waals surface area contributed by atoms with Gasteiger partial charge in [-0.1, -0.05) is 12.1 Å². The van der Waals surface area contributed by atoms with Gasteiger partial charge < -0.3 is 45.6 Å². The number of aromatic hydroxyl groups is 6. The molecule has 8 N–H and O–H groups in total. The minimum absolute atomic E-state index is 0.114. The lowest BCUT2D eigenvalue weighted by molar-refractivity contribution is -0.162. The number of hydrogen-bond acceptors (Lipinski definition) is 10. The highest BCUT2D eigenvalue weighted by atomic mass is 16.6. The van der Waals surface area contributed by atoms with Gasteiger partial charge in [-0.25, -0.2) is 9.59 Å². The van der Waals surface area contributed by atoms with Gasteiger partial charge in [0.25, 0.3) is 0 Å². The summed E-state index contributed by atoms with van der Waals surface area (Å²) in [6.07, 6.45) is -1.15. The fourth-order valence-electron chi connectivity index (χ4n) is 4.47. The largest absolute Gasteiger partial charge is 0.504 e. The van der Waals surface area contributed by atoms with E-state index >= 15 is 0 Å². The van der Waals surface area contributed by atoms with E-state index in [1.165, 1.54) is 12.1 Å². The molecule has 3 atom stereocenters. The van der Waals surface area contributed by atoms with Crippen molar-refractivity contribution >= 4 is 24.0 Å². The molecule has 12 heteroatoms. The normalized spacial score (nSPS) is 17.0. The number of phenolic OH excluding ortho intramolecular Hbond substituents is 6. The molecule has 0 amide bonds. The number of rotatable bonds is 7. The first-order chi connectivity index (χ1) is 18.4. The summed E-state index contributed by atoms with van der Waals surface area (Å²) in [6, 6.07) is 9.17. The Balaban J connectivity index is 1.78. The van der Waals surface area contributed by atoms with Crippen LogP contribution in [0.1, 0.15) is 28.2 Å². The number of esters is 1. The van der Waals surface area contributed by atoms with Gasteiger partial charge in [0.1, 0.15) is 0 Å². The summed E-state index contributed by atoms with van der Waals surface area (Å²) in [6.45, 7) is 0. The Kier molecular flexibility index (Phi) is 6.95. The van der Waals surface area contributed by atoms with Crippen LogP contribution in [-0.4, -0.2) is 64.9 Å². The second kappa shape index (κ2) is 10.2. The highest BCUT2D eigenvalue weighted by molar-refractivity contribution is 6.02. The average molecular weight is 538 g/mol. The van der Waals surface area contributed by atoms with Crippen molar-refractivity contribution in [3.8, 4) is 34.5 Å². The predicted molar refractivity (Wildman–Crippen MR) is 131 cm³/mol. The third-order valence-corrected chi connectivity index (χ3v) is 6.34. The van der Waals surface area contributed by atoms with Gasteiger partial charge in [-0.2, -0.15) is 0 Å². The van der Waals surface area contributed by atoms with E-state index in [0.29, 0.717) is 0 Å². The van der Waals surface area contributed by atoms with Crippen molar-refractivity contribution in [1.29, 1.82) is 0 Å². The molecule has 4 rings (SSSR count). The maximum absolute atomic E-state index is 13.3. The SMILES string of the molecule is O=C(O[C@H](Cc1ccc(O)c(O)c1)C(=O)O)C1=Cc2cc(O)c(O)cc2[C@H](c2ccc(O)c(O)c2)[C@H]1C(=O)O. The first-order valence-corrected chi connectivity index (χ1v) is 11.3. The number of fused-ring (bicyclic) bond motifs is 1. The van der Waals surface area contributed by atoms with Crippen LogP contribution in [0.15, 0.2) is 54.1 Å². The molecule has 0 saturated heterocycles. The topological polar surface area (TPSA) is 222 Å². The molecule has 0 aromatic heterocycles. The van der Waals surface area contributed by atoms with Crippen LogP contribution in [-0.2, 0) is 25.5 Å². The number of carboxylic acids is 2. The molecule has 0 unspecified atom stereocenters. The van der Waals surface area contributed by atoms with Gasteiger partial charge in [0, 0.05) is 12.3 Å². The van der Waals surface area contributed by atoms with Gasteiger partial charge in [0.2, 0.25) is 6.10 Å². The van der Waals surface area contributed by atoms with Crippen molar-refractivity contribution < 1.29 is 60.0 Å². The molecule has 0 bridgehead atoms. The lowest BCUT2D eigenvalue weighted by atomic mass is 9.71. The Morgan fingerprint density at radius 3 is 1.92 bits per heavy atom. The van der Waals surface area contributed by atoms with Crippen molar-refractivity contribution in [2.45, 2.75) is 18.4 Å². The summed E-state index contributed by atoms with van der Waals surface area (Å²) in [5.74, 6) is -10.5. The van der Waals surface area contributed by atoms with Gasteiger partial charge in [-0.05, 0) is 64.7 Å². The lowest BCUT2D eigenvalue weighted by Crippen LogP contribution is -2.35. The quantitative estimate of drug-likeness (QED) is 0.160. The number of carbonyl (C=O) groups excluding carboxylic acids is 1. The maximum Gasteiger partial charge on any atom is 0.345 e. The fraction of sp³-hybridized carbons (Fsp3) is 0.148. The second-order valence-electron chi connectivity index (χ2n) is 8.87. The fourth-order valence-corrected chi connectivity index (χ4v) is 4.47. The molecule has 12 nitrogen and oxygen atoms in total. The first-order valence-electron chi connectivity index (χ1n) is 11.3. The highest BCUT2D eigenvalue weighted by Gasteiger charge is 2.43. The van der Waals surface area contributed by atoms with E-state index in [1.54, 1.807) is 0 Å². The van der Waals surface area contributed by atoms with Crippen LogP contribution in [0.4, 0.5) is 0 Å². The Bertz CT molecular complexity index is 1520. The minimum Gasteiger partial charge on any atom is -0.504 e. The van der Waals surface area contributed by atoms with Crippen LogP contribution in [0.3, 0.4) is 0 Å². The molecule has 0 spiro atoms. The van der Waals surface area contributed by atoms with E-state index in [1.807, 2.05) is 0 Å². The minimum atomic E-state index is -1.82. The Morgan fingerprint density at radius 2 is 1.33 bits per heavy atom. The predicted octanol–water partition coefficient (Wildman–Crippen LogP) is 2.39. The number of carboxylic acid groups (broad SMARTS) is 2. The third-order valence-electron chi connectivity index (χ3n) is 6.34. The second-order valence-corrected chi connectivity index (χ2v) is 8.87. The Hall–Kier alpha value is -5.39. The Labute approximate surface area is 219 Å². The molecule has 39 heavy (non-hydrogen) atoms. The van der Waals surface area contributed by atoms with Crippen LogP contribution in [0.25, 0.3) is 6.08 Å². The molecule has 0 radical (unpaired) electrons. The van der Waals surface area contributed by atoms with Crippen molar-refractivity contribution in [2.24, 2.45) is 5.92 Å². The van der Waals surface area contributed by atoms with Gasteiger partial charge >= 0.3 is 17.9 Å². The number of ether oxygens (including phenoxy) is 1. The molecule has 3 aromatic carbocycles. The number of hydrogen-bond donors (Lipinski definition) is 8. The van der Waals surface area contributed by atoms with Crippen LogP contribution in [0.5, 0.6) is 34.5 Å². The third kappa shape index (κ3) is 5.21. The number of phenols is 6. The standard InChI is InChI=1S/C27H22O12/c28-16-3-1-11(5-18(16)30)6-22(25(34)35)39-27(38)15-7-13-9-20(32)21(33)10-14(13)23(24(15)26(36)37)12-2-4-17(29)19(31)8-12/h1-5,7-10,22-24,28-33H,6H2,(H,34,35)(H,36,37)/t22-,23+,24+/m1/s1. The molecule has 0 saturated carbocycles. The molecule has 0 fully saturated rings. The van der Waals surface area contributed by atoms with E-state index in [4.69, 9.17) is 4.74 Å². The first kappa shape index (κ1) is 26.7. The summed E-state index contributed by atoms with van der Waals surface area (Å²) in [5, 5.41) is 78.9. The van der Waals surface area contributed by atoms with E-state index in [2.05, 4.69) is 0 Å². The number of aliphatic carboxylic acids is 2. The van der Waals surface area contributed by atoms with Crippen LogP contribution < -0.4 is 0 Å². The Morgan fingerprint density at radius 1 is 0.744 bits per heavy atom. The summed E-state index contributed by atoms with van der Waals surface area (Å²) >= 11 is 0. The van der Waals surface area contributed by atoms with Gasteiger partial charge in [-0.3, -0.25) is 4.79 Å². The van der Waals surface area contributed by atoms with E-state index < -0.39 is 82.3 Å². The highest BCUT2D eigenvalue weighted by Crippen LogP contribution is 2.47. The zero-order valence-electron chi connectivity index (χ0n) is 19.8. The number of carbonyl (C=O) groups is 3. The van der Waals surface area contributed by atoms with Crippen LogP contribution in [0.2, 0.25) is 0 Å². The van der Waals surface area contributed by atoms with Crippen molar-refractivity contribution in [3.05, 3.63) is 76.4 Å². The molecule has 1 aliphatic rings. The van der Waals surface area contributed by atoms with Crippen molar-refractivity contribution in [1.82, 2.24) is 0 Å². The number of benzene rings is 3. The molecule has 3 aromatic rings. The van der Waals surface area contributed by atoms with E-state index in [0.717, 1.165) is 42.5 Å².